The van der Waals surface area contributed by atoms with Gasteiger partial charge < -0.3 is 14.7 Å². The van der Waals surface area contributed by atoms with E-state index in [0.29, 0.717) is 28.8 Å². The Morgan fingerprint density at radius 1 is 1.25 bits per heavy atom. The fraction of sp³-hybridized carbons (Fsp3) is 0.250. The standard InChI is InChI=1S/C20H17N3O4S/c1-10-2-5-15-12(6-10)16(17(19(25)26)22(15)7-11-3-4-11)23-18(24)13-8-28-9-14(13)21-20(23)27/h2,5-6,8-9,11H,3-4,7H2,1H3,(H,21,27)(H,25,26). The Kier molecular flexibility index (Phi) is 3.60. The quantitative estimate of drug-likeness (QED) is 0.555. The zero-order valence-electron chi connectivity index (χ0n) is 15.1. The monoisotopic (exact) mass is 395 g/mol. The van der Waals surface area contributed by atoms with Crippen LogP contribution in [0, 0.1) is 12.8 Å². The summed E-state index contributed by atoms with van der Waals surface area (Å²) >= 11 is 1.31. The summed E-state index contributed by atoms with van der Waals surface area (Å²) in [6.45, 7) is 2.46. The average Bonchev–Trinajstić information content (AvgIpc) is 3.24. The molecule has 28 heavy (non-hydrogen) atoms. The number of rotatable bonds is 4. The molecule has 0 spiro atoms. The predicted octanol–water partition coefficient (Wildman–Crippen LogP) is 3.11. The van der Waals surface area contributed by atoms with Crippen LogP contribution in [0.3, 0.4) is 0 Å². The summed E-state index contributed by atoms with van der Waals surface area (Å²) in [5.41, 5.74) is 1.10. The highest BCUT2D eigenvalue weighted by Crippen LogP contribution is 2.36. The van der Waals surface area contributed by atoms with Gasteiger partial charge in [-0.1, -0.05) is 11.6 Å². The van der Waals surface area contributed by atoms with Crippen molar-refractivity contribution in [2.45, 2.75) is 26.3 Å². The lowest BCUT2D eigenvalue weighted by Gasteiger charge is -2.09. The first-order valence-corrected chi connectivity index (χ1v) is 9.97. The summed E-state index contributed by atoms with van der Waals surface area (Å²) in [5.74, 6) is -0.724. The molecule has 5 rings (SSSR count). The van der Waals surface area contributed by atoms with Crippen LogP contribution in [0.4, 0.5) is 0 Å². The van der Waals surface area contributed by atoms with Crippen LogP contribution >= 0.6 is 11.3 Å². The van der Waals surface area contributed by atoms with Crippen LogP contribution in [-0.4, -0.2) is 25.2 Å². The number of benzene rings is 1. The first kappa shape index (κ1) is 17.0. The molecule has 1 saturated carbocycles. The summed E-state index contributed by atoms with van der Waals surface area (Å²) in [7, 11) is 0. The third kappa shape index (κ3) is 2.45. The van der Waals surface area contributed by atoms with E-state index < -0.39 is 17.2 Å². The van der Waals surface area contributed by atoms with E-state index in [0.717, 1.165) is 28.5 Å². The number of aromatic nitrogens is 3. The third-order valence-electron chi connectivity index (χ3n) is 5.30. The fourth-order valence-corrected chi connectivity index (χ4v) is 4.54. The van der Waals surface area contributed by atoms with Crippen molar-refractivity contribution >= 4 is 39.1 Å². The second-order valence-electron chi connectivity index (χ2n) is 7.35. The molecule has 0 radical (unpaired) electrons. The lowest BCUT2D eigenvalue weighted by atomic mass is 10.1. The van der Waals surface area contributed by atoms with Crippen molar-refractivity contribution in [2.24, 2.45) is 5.92 Å². The van der Waals surface area contributed by atoms with Crippen LogP contribution in [-0.2, 0) is 6.54 Å². The van der Waals surface area contributed by atoms with Gasteiger partial charge in [-0.15, -0.1) is 11.3 Å². The van der Waals surface area contributed by atoms with Gasteiger partial charge in [0.05, 0.1) is 22.1 Å². The van der Waals surface area contributed by atoms with Crippen LogP contribution in [0.25, 0.3) is 27.5 Å². The Bertz CT molecular complexity index is 1380. The summed E-state index contributed by atoms with van der Waals surface area (Å²) in [4.78, 5) is 40.9. The minimum Gasteiger partial charge on any atom is -0.477 e. The topological polar surface area (TPSA) is 97.1 Å². The number of carboxylic acids is 1. The number of carbonyl (C=O) groups is 1. The minimum atomic E-state index is -1.15. The van der Waals surface area contributed by atoms with Crippen LogP contribution in [0.1, 0.15) is 28.9 Å². The molecular formula is C20H17N3O4S. The molecular weight excluding hydrogens is 378 g/mol. The number of H-pyrrole nitrogens is 1. The lowest BCUT2D eigenvalue weighted by Crippen LogP contribution is -2.34. The molecule has 0 atom stereocenters. The van der Waals surface area contributed by atoms with Crippen molar-refractivity contribution in [3.8, 4) is 5.69 Å². The van der Waals surface area contributed by atoms with Gasteiger partial charge in [0, 0.05) is 22.7 Å². The SMILES string of the molecule is Cc1ccc2c(c1)c(-n1c(=O)[nH]c3cscc3c1=O)c(C(=O)O)n2CC1CC1. The number of carboxylic acid groups (broad SMARTS) is 1. The van der Waals surface area contributed by atoms with Crippen molar-refractivity contribution in [1.82, 2.24) is 14.1 Å². The molecule has 0 aliphatic heterocycles. The molecule has 3 heterocycles. The fourth-order valence-electron chi connectivity index (χ4n) is 3.79. The number of hydrogen-bond acceptors (Lipinski definition) is 4. The Hall–Kier alpha value is -3.13. The zero-order valence-corrected chi connectivity index (χ0v) is 15.9. The van der Waals surface area contributed by atoms with Gasteiger partial charge >= 0.3 is 11.7 Å². The highest BCUT2D eigenvalue weighted by Gasteiger charge is 2.30. The van der Waals surface area contributed by atoms with Crippen LogP contribution in [0.5, 0.6) is 0 Å². The molecule has 3 aromatic heterocycles. The van der Waals surface area contributed by atoms with E-state index in [9.17, 15) is 19.5 Å². The lowest BCUT2D eigenvalue weighted by molar-refractivity contribution is 0.0685. The number of nitrogens with one attached hydrogen (secondary N) is 1. The number of thiophene rings is 1. The Morgan fingerprint density at radius 3 is 2.75 bits per heavy atom. The molecule has 0 bridgehead atoms. The average molecular weight is 395 g/mol. The molecule has 7 nitrogen and oxygen atoms in total. The van der Waals surface area contributed by atoms with E-state index in [2.05, 4.69) is 4.98 Å². The van der Waals surface area contributed by atoms with Crippen molar-refractivity contribution < 1.29 is 9.90 Å². The Labute approximate surface area is 162 Å². The molecule has 0 saturated heterocycles. The molecule has 0 amide bonds. The normalized spacial score (nSPS) is 14.2. The molecule has 1 aliphatic rings. The van der Waals surface area contributed by atoms with Gasteiger partial charge in [0.25, 0.3) is 5.56 Å². The van der Waals surface area contributed by atoms with Gasteiger partial charge in [0.2, 0.25) is 0 Å². The minimum absolute atomic E-state index is 0.0188. The van der Waals surface area contributed by atoms with Crippen molar-refractivity contribution in [3.05, 3.63) is 61.1 Å². The van der Waals surface area contributed by atoms with Crippen LogP contribution in [0.15, 0.2) is 38.5 Å². The third-order valence-corrected chi connectivity index (χ3v) is 6.04. The molecule has 142 valence electrons. The number of aryl methyl sites for hydroxylation is 1. The number of aromatic amines is 1. The first-order valence-electron chi connectivity index (χ1n) is 9.03. The first-order chi connectivity index (χ1) is 13.5. The number of fused-ring (bicyclic) bond motifs is 2. The largest absolute Gasteiger partial charge is 0.477 e. The van der Waals surface area contributed by atoms with E-state index in [1.54, 1.807) is 15.3 Å². The maximum Gasteiger partial charge on any atom is 0.354 e. The van der Waals surface area contributed by atoms with E-state index >= 15 is 0 Å². The second kappa shape index (κ2) is 5.93. The Morgan fingerprint density at radius 2 is 2.04 bits per heavy atom. The van der Waals surface area contributed by atoms with E-state index in [-0.39, 0.29) is 11.4 Å². The molecule has 0 unspecified atom stereocenters. The Balaban J connectivity index is 1.96. The van der Waals surface area contributed by atoms with Crippen molar-refractivity contribution in [2.75, 3.05) is 0 Å². The molecule has 1 fully saturated rings. The van der Waals surface area contributed by atoms with Gasteiger partial charge in [-0.25, -0.2) is 14.2 Å². The highest BCUT2D eigenvalue weighted by atomic mass is 32.1. The highest BCUT2D eigenvalue weighted by molar-refractivity contribution is 7.09. The number of aromatic carboxylic acids is 1. The van der Waals surface area contributed by atoms with Gasteiger partial charge in [-0.3, -0.25) is 4.79 Å². The maximum atomic E-state index is 13.1. The van der Waals surface area contributed by atoms with E-state index in [1.807, 2.05) is 25.1 Å². The summed E-state index contributed by atoms with van der Waals surface area (Å²) in [6.07, 6.45) is 2.11. The molecule has 8 heteroatoms. The number of nitrogens with zero attached hydrogens (tertiary/aromatic N) is 2. The van der Waals surface area contributed by atoms with Gasteiger partial charge in [0.15, 0.2) is 5.69 Å². The summed E-state index contributed by atoms with van der Waals surface area (Å²) in [6, 6.07) is 5.62. The molecule has 1 aromatic carbocycles. The maximum absolute atomic E-state index is 13.1. The predicted molar refractivity (Wildman–Crippen MR) is 108 cm³/mol. The smallest absolute Gasteiger partial charge is 0.354 e. The van der Waals surface area contributed by atoms with Gasteiger partial charge in [-0.05, 0) is 37.8 Å². The number of hydrogen-bond donors (Lipinski definition) is 2. The molecule has 1 aliphatic carbocycles. The second-order valence-corrected chi connectivity index (χ2v) is 8.09. The van der Waals surface area contributed by atoms with E-state index in [1.165, 1.54) is 11.3 Å². The zero-order chi connectivity index (χ0) is 19.6. The molecule has 2 N–H and O–H groups in total. The van der Waals surface area contributed by atoms with Crippen LogP contribution in [0.2, 0.25) is 0 Å². The van der Waals surface area contributed by atoms with Crippen molar-refractivity contribution in [3.63, 3.8) is 0 Å². The van der Waals surface area contributed by atoms with Gasteiger partial charge in [0.1, 0.15) is 0 Å². The van der Waals surface area contributed by atoms with E-state index in [4.69, 9.17) is 0 Å². The summed E-state index contributed by atoms with van der Waals surface area (Å²) in [5, 5.41) is 14.4. The van der Waals surface area contributed by atoms with Crippen LogP contribution < -0.4 is 11.2 Å². The summed E-state index contributed by atoms with van der Waals surface area (Å²) < 4.78 is 2.72. The molecule has 4 aromatic rings. The van der Waals surface area contributed by atoms with Gasteiger partial charge in [-0.2, -0.15) is 0 Å². The van der Waals surface area contributed by atoms with Crippen molar-refractivity contribution in [1.29, 1.82) is 0 Å².